The van der Waals surface area contributed by atoms with Crippen LogP contribution >= 0.6 is 11.3 Å². The van der Waals surface area contributed by atoms with Gasteiger partial charge in [0.1, 0.15) is 0 Å². The Kier molecular flexibility index (Phi) is 2.28. The third-order valence-corrected chi connectivity index (χ3v) is 2.30. The minimum atomic E-state index is -0.230. The summed E-state index contributed by atoms with van der Waals surface area (Å²) >= 11 is 1.50. The quantitative estimate of drug-likeness (QED) is 0.818. The predicted molar refractivity (Wildman–Crippen MR) is 51.9 cm³/mol. The van der Waals surface area contributed by atoms with Gasteiger partial charge >= 0.3 is 6.01 Å². The number of hydrogen-bond acceptors (Lipinski definition) is 5. The molecule has 0 radical (unpaired) electrons. The Balaban J connectivity index is 2.22. The van der Waals surface area contributed by atoms with Crippen LogP contribution in [-0.4, -0.2) is 16.1 Å². The van der Waals surface area contributed by atoms with E-state index >= 15 is 0 Å². The van der Waals surface area contributed by atoms with Crippen LogP contribution in [0.1, 0.15) is 6.92 Å². The van der Waals surface area contributed by atoms with E-state index in [1.54, 1.807) is 0 Å². The van der Waals surface area contributed by atoms with Gasteiger partial charge in [-0.05, 0) is 11.4 Å². The van der Waals surface area contributed by atoms with Gasteiger partial charge in [-0.25, -0.2) is 0 Å². The zero-order valence-electron chi connectivity index (χ0n) is 7.35. The highest BCUT2D eigenvalue weighted by Gasteiger charge is 2.09. The van der Waals surface area contributed by atoms with Crippen LogP contribution in [0.15, 0.2) is 21.9 Å². The molecule has 6 heteroatoms. The molecule has 5 nitrogen and oxygen atoms in total. The van der Waals surface area contributed by atoms with Crippen molar-refractivity contribution >= 4 is 23.3 Å². The van der Waals surface area contributed by atoms with E-state index in [0.29, 0.717) is 5.89 Å². The van der Waals surface area contributed by atoms with Crippen LogP contribution in [0.25, 0.3) is 10.8 Å². The minimum Gasteiger partial charge on any atom is -0.402 e. The summed E-state index contributed by atoms with van der Waals surface area (Å²) in [7, 11) is 0. The predicted octanol–water partition coefficient (Wildman–Crippen LogP) is 1.76. The molecule has 0 aliphatic carbocycles. The van der Waals surface area contributed by atoms with Gasteiger partial charge in [0.2, 0.25) is 5.91 Å². The van der Waals surface area contributed by atoms with E-state index in [1.807, 2.05) is 17.5 Å². The third kappa shape index (κ3) is 1.80. The second-order valence-electron chi connectivity index (χ2n) is 2.57. The maximum atomic E-state index is 10.7. The molecule has 0 spiro atoms. The van der Waals surface area contributed by atoms with Crippen molar-refractivity contribution in [1.29, 1.82) is 0 Å². The Hall–Kier alpha value is -1.69. The Morgan fingerprint density at radius 3 is 3.07 bits per heavy atom. The van der Waals surface area contributed by atoms with Crippen LogP contribution in [0.3, 0.4) is 0 Å². The fourth-order valence-corrected chi connectivity index (χ4v) is 1.57. The maximum Gasteiger partial charge on any atom is 0.322 e. The molecule has 72 valence electrons. The van der Waals surface area contributed by atoms with Crippen LogP contribution in [0.4, 0.5) is 6.01 Å². The molecule has 0 fully saturated rings. The van der Waals surface area contributed by atoms with Crippen molar-refractivity contribution in [2.45, 2.75) is 6.92 Å². The lowest BCUT2D eigenvalue weighted by molar-refractivity contribution is -0.114. The number of nitrogens with one attached hydrogen (secondary N) is 1. The molecule has 0 aliphatic rings. The SMILES string of the molecule is CC(=O)Nc1nnc(-c2cccs2)o1. The second kappa shape index (κ2) is 3.59. The normalized spacial score (nSPS) is 10.1. The molecule has 2 rings (SSSR count). The first-order valence-electron chi connectivity index (χ1n) is 3.90. The van der Waals surface area contributed by atoms with E-state index in [-0.39, 0.29) is 11.9 Å². The average Bonchev–Trinajstić information content (AvgIpc) is 2.69. The molecule has 2 aromatic heterocycles. The van der Waals surface area contributed by atoms with Crippen molar-refractivity contribution in [3.05, 3.63) is 17.5 Å². The molecule has 14 heavy (non-hydrogen) atoms. The van der Waals surface area contributed by atoms with Crippen LogP contribution in [0.2, 0.25) is 0 Å². The lowest BCUT2D eigenvalue weighted by Crippen LogP contribution is -2.05. The molecule has 1 amide bonds. The van der Waals surface area contributed by atoms with Crippen molar-refractivity contribution < 1.29 is 9.21 Å². The molecular weight excluding hydrogens is 202 g/mol. The first-order valence-corrected chi connectivity index (χ1v) is 4.78. The lowest BCUT2D eigenvalue weighted by atomic mass is 10.5. The molecule has 2 heterocycles. The van der Waals surface area contributed by atoms with Crippen molar-refractivity contribution in [1.82, 2.24) is 10.2 Å². The van der Waals surface area contributed by atoms with Crippen LogP contribution < -0.4 is 5.32 Å². The lowest BCUT2D eigenvalue weighted by Gasteiger charge is -1.90. The van der Waals surface area contributed by atoms with Crippen molar-refractivity contribution in [2.75, 3.05) is 5.32 Å². The number of rotatable bonds is 2. The van der Waals surface area contributed by atoms with Gasteiger partial charge in [0.05, 0.1) is 4.88 Å². The summed E-state index contributed by atoms with van der Waals surface area (Å²) in [6.45, 7) is 1.38. The van der Waals surface area contributed by atoms with Gasteiger partial charge in [0.25, 0.3) is 5.89 Å². The minimum absolute atomic E-state index is 0.126. The van der Waals surface area contributed by atoms with Gasteiger partial charge in [0, 0.05) is 6.92 Å². The topological polar surface area (TPSA) is 68.0 Å². The van der Waals surface area contributed by atoms with Gasteiger partial charge in [-0.15, -0.1) is 16.4 Å². The molecule has 0 aliphatic heterocycles. The molecule has 1 N–H and O–H groups in total. The number of thiophene rings is 1. The number of amides is 1. The van der Waals surface area contributed by atoms with Gasteiger partial charge in [-0.3, -0.25) is 10.1 Å². The van der Waals surface area contributed by atoms with Gasteiger partial charge < -0.3 is 4.42 Å². The van der Waals surface area contributed by atoms with Crippen molar-refractivity contribution in [2.24, 2.45) is 0 Å². The molecule has 0 unspecified atom stereocenters. The standard InChI is InChI=1S/C8H7N3O2S/c1-5(12)9-8-11-10-7(13-8)6-3-2-4-14-6/h2-4H,1H3,(H,9,11,12). The van der Waals surface area contributed by atoms with Gasteiger partial charge in [0.15, 0.2) is 0 Å². The monoisotopic (exact) mass is 209 g/mol. The summed E-state index contributed by atoms with van der Waals surface area (Å²) in [5.41, 5.74) is 0. The maximum absolute atomic E-state index is 10.7. The molecule has 0 bridgehead atoms. The van der Waals surface area contributed by atoms with Gasteiger partial charge in [-0.2, -0.15) is 0 Å². The van der Waals surface area contributed by atoms with Crippen LogP contribution in [-0.2, 0) is 4.79 Å². The van der Waals surface area contributed by atoms with Crippen LogP contribution in [0.5, 0.6) is 0 Å². The number of aromatic nitrogens is 2. The third-order valence-electron chi connectivity index (χ3n) is 1.44. The Morgan fingerprint density at radius 1 is 1.57 bits per heavy atom. The number of nitrogens with zero attached hydrogens (tertiary/aromatic N) is 2. The summed E-state index contributed by atoms with van der Waals surface area (Å²) in [5, 5.41) is 11.8. The van der Waals surface area contributed by atoms with Crippen molar-refractivity contribution in [3.8, 4) is 10.8 Å². The van der Waals surface area contributed by atoms with E-state index in [4.69, 9.17) is 4.42 Å². The number of hydrogen-bond donors (Lipinski definition) is 1. The molecule has 0 aromatic carbocycles. The summed E-state index contributed by atoms with van der Waals surface area (Å²) in [6, 6.07) is 3.89. The van der Waals surface area contributed by atoms with E-state index in [1.165, 1.54) is 18.3 Å². The van der Waals surface area contributed by atoms with E-state index in [9.17, 15) is 4.79 Å². The highest BCUT2D eigenvalue weighted by Crippen LogP contribution is 2.24. The average molecular weight is 209 g/mol. The first kappa shape index (κ1) is 8.89. The van der Waals surface area contributed by atoms with Gasteiger partial charge in [-0.1, -0.05) is 11.2 Å². The molecule has 2 aromatic rings. The zero-order chi connectivity index (χ0) is 9.97. The van der Waals surface area contributed by atoms with E-state index in [2.05, 4.69) is 15.5 Å². The zero-order valence-corrected chi connectivity index (χ0v) is 8.17. The summed E-state index contributed by atoms with van der Waals surface area (Å²) < 4.78 is 5.20. The Bertz CT molecular complexity index is 435. The summed E-state index contributed by atoms with van der Waals surface area (Å²) in [6.07, 6.45) is 0. The fourth-order valence-electron chi connectivity index (χ4n) is 0.924. The Labute approximate surface area is 83.8 Å². The molecule has 0 atom stereocenters. The first-order chi connectivity index (χ1) is 6.75. The number of carbonyl (C=O) groups excluding carboxylic acids is 1. The Morgan fingerprint density at radius 2 is 2.43 bits per heavy atom. The number of anilines is 1. The largest absolute Gasteiger partial charge is 0.402 e. The van der Waals surface area contributed by atoms with E-state index < -0.39 is 0 Å². The van der Waals surface area contributed by atoms with Crippen LogP contribution in [0, 0.1) is 0 Å². The van der Waals surface area contributed by atoms with Crippen molar-refractivity contribution in [3.63, 3.8) is 0 Å². The molecular formula is C8H7N3O2S. The number of carbonyl (C=O) groups is 1. The fraction of sp³-hybridized carbons (Fsp3) is 0.125. The summed E-state index contributed by atoms with van der Waals surface area (Å²) in [5.74, 6) is 0.190. The smallest absolute Gasteiger partial charge is 0.322 e. The highest BCUT2D eigenvalue weighted by molar-refractivity contribution is 7.13. The second-order valence-corrected chi connectivity index (χ2v) is 3.52. The van der Waals surface area contributed by atoms with E-state index in [0.717, 1.165) is 4.88 Å². The highest BCUT2D eigenvalue weighted by atomic mass is 32.1. The molecule has 0 saturated heterocycles. The summed E-state index contributed by atoms with van der Waals surface area (Å²) in [4.78, 5) is 11.6. The molecule has 0 saturated carbocycles.